The van der Waals surface area contributed by atoms with Crippen molar-refractivity contribution < 1.29 is 0 Å². The Hall–Kier alpha value is -4.11. The number of hydrogen-bond donors (Lipinski definition) is 2. The summed E-state index contributed by atoms with van der Waals surface area (Å²) in [6.45, 7) is 0. The van der Waals surface area contributed by atoms with Gasteiger partial charge in [0.25, 0.3) is 5.56 Å². The van der Waals surface area contributed by atoms with E-state index >= 15 is 0 Å². The molecule has 2 N–H and O–H groups in total. The third kappa shape index (κ3) is 2.27. The largest absolute Gasteiger partial charge is 0.332 e. The molecule has 26 heavy (non-hydrogen) atoms. The van der Waals surface area contributed by atoms with Gasteiger partial charge in [-0.05, 0) is 12.1 Å². The van der Waals surface area contributed by atoms with Crippen LogP contribution in [0.5, 0.6) is 0 Å². The van der Waals surface area contributed by atoms with Crippen molar-refractivity contribution in [3.8, 4) is 12.1 Å². The molecule has 0 unspecified atom stereocenters. The van der Waals surface area contributed by atoms with Gasteiger partial charge in [-0.2, -0.15) is 10.5 Å². The summed E-state index contributed by atoms with van der Waals surface area (Å²) in [6.07, 6.45) is 0. The Kier molecular flexibility index (Phi) is 3.91. The number of aromatic nitrogens is 2. The normalized spacial score (nSPS) is 13.4. The summed E-state index contributed by atoms with van der Waals surface area (Å²) in [4.78, 5) is 24.9. The number of amidine groups is 1. The predicted molar refractivity (Wildman–Crippen MR) is 95.3 cm³/mol. The zero-order valence-electron chi connectivity index (χ0n) is 13.9. The highest BCUT2D eigenvalue weighted by Gasteiger charge is 2.31. The van der Waals surface area contributed by atoms with Crippen molar-refractivity contribution in [1.82, 2.24) is 9.13 Å². The van der Waals surface area contributed by atoms with Crippen LogP contribution >= 0.6 is 0 Å². The van der Waals surface area contributed by atoms with E-state index in [0.717, 1.165) is 9.13 Å². The van der Waals surface area contributed by atoms with Gasteiger partial charge in [0.1, 0.15) is 29.1 Å². The summed E-state index contributed by atoms with van der Waals surface area (Å²) < 4.78 is 2.02. The highest BCUT2D eigenvalue weighted by Crippen LogP contribution is 2.29. The molecular weight excluding hydrogens is 334 g/mol. The van der Waals surface area contributed by atoms with Gasteiger partial charge in [-0.15, -0.1) is 0 Å². The van der Waals surface area contributed by atoms with Gasteiger partial charge in [0.15, 0.2) is 5.84 Å². The fourth-order valence-corrected chi connectivity index (χ4v) is 2.71. The minimum absolute atomic E-state index is 0.0357. The summed E-state index contributed by atoms with van der Waals surface area (Å²) >= 11 is 0. The number of para-hydroxylation sites is 1. The van der Waals surface area contributed by atoms with Gasteiger partial charge in [-0.3, -0.25) is 24.8 Å². The summed E-state index contributed by atoms with van der Waals surface area (Å²) in [6, 6.07) is 12.3. The molecule has 0 spiro atoms. The molecule has 0 atom stereocenters. The number of anilines is 2. The number of nitrogens with one attached hydrogen (secondary N) is 2. The predicted octanol–water partition coefficient (Wildman–Crippen LogP) is 0.709. The second kappa shape index (κ2) is 6.07. The number of hydrazine groups is 1. The molecule has 1 aliphatic heterocycles. The Morgan fingerprint density at radius 2 is 1.62 bits per heavy atom. The van der Waals surface area contributed by atoms with Crippen LogP contribution in [0.15, 0.2) is 45.5 Å². The number of rotatable bonds is 1. The number of allylic oxidation sites excluding steroid dienone is 1. The molecule has 2 aromatic rings. The van der Waals surface area contributed by atoms with Gasteiger partial charge < -0.3 is 0 Å². The highest BCUT2D eigenvalue weighted by atomic mass is 16.2. The van der Waals surface area contributed by atoms with Gasteiger partial charge in [0, 0.05) is 14.1 Å². The van der Waals surface area contributed by atoms with Crippen LogP contribution in [0.3, 0.4) is 0 Å². The van der Waals surface area contributed by atoms with E-state index in [0.29, 0.717) is 5.69 Å². The van der Waals surface area contributed by atoms with E-state index in [1.165, 1.54) is 19.1 Å². The number of nitrogens with zero attached hydrogens (tertiary/aromatic N) is 5. The Morgan fingerprint density at radius 3 is 2.19 bits per heavy atom. The molecule has 0 bridgehead atoms. The van der Waals surface area contributed by atoms with Crippen molar-refractivity contribution in [1.29, 1.82) is 15.9 Å². The Bertz CT molecular complexity index is 1160. The second-order valence-corrected chi connectivity index (χ2v) is 5.53. The van der Waals surface area contributed by atoms with Crippen LogP contribution in [0.4, 0.5) is 11.5 Å². The van der Waals surface area contributed by atoms with Gasteiger partial charge in [-0.25, -0.2) is 9.80 Å². The molecule has 1 aliphatic rings. The molecule has 0 radical (unpaired) electrons. The van der Waals surface area contributed by atoms with E-state index in [-0.39, 0.29) is 28.4 Å². The van der Waals surface area contributed by atoms with Crippen LogP contribution in [0.2, 0.25) is 0 Å². The smallest absolute Gasteiger partial charge is 0.282 e. The molecule has 2 heterocycles. The van der Waals surface area contributed by atoms with E-state index in [1.807, 2.05) is 12.1 Å². The molecule has 128 valence electrons. The molecule has 3 rings (SSSR count). The summed E-state index contributed by atoms with van der Waals surface area (Å²) in [5.74, 6) is -0.269. The average molecular weight is 347 g/mol. The SMILES string of the molecule is Cn1c2c(c(=O)n(C)c1=O)C(C#N)=C(C#N)C(=N)N(c1ccccc1)N2. The molecule has 9 nitrogen and oxygen atoms in total. The van der Waals surface area contributed by atoms with Gasteiger partial charge in [-0.1, -0.05) is 18.2 Å². The molecule has 0 fully saturated rings. The Balaban J connectivity index is 2.46. The van der Waals surface area contributed by atoms with Crippen LogP contribution in [-0.4, -0.2) is 15.0 Å². The maximum Gasteiger partial charge on any atom is 0.332 e. The quantitative estimate of drug-likeness (QED) is 0.781. The Morgan fingerprint density at radius 1 is 1.00 bits per heavy atom. The fourth-order valence-electron chi connectivity index (χ4n) is 2.71. The van der Waals surface area contributed by atoms with E-state index in [1.54, 1.807) is 30.3 Å². The summed E-state index contributed by atoms with van der Waals surface area (Å²) in [7, 11) is 2.73. The van der Waals surface area contributed by atoms with Crippen molar-refractivity contribution in [2.75, 3.05) is 10.4 Å². The lowest BCUT2D eigenvalue weighted by Crippen LogP contribution is -2.42. The van der Waals surface area contributed by atoms with Gasteiger partial charge in [0.05, 0.1) is 11.3 Å². The van der Waals surface area contributed by atoms with Crippen molar-refractivity contribution in [2.24, 2.45) is 14.1 Å². The minimum Gasteiger partial charge on any atom is -0.282 e. The first kappa shape index (κ1) is 16.7. The van der Waals surface area contributed by atoms with Crippen molar-refractivity contribution in [3.63, 3.8) is 0 Å². The highest BCUT2D eigenvalue weighted by molar-refractivity contribution is 6.19. The van der Waals surface area contributed by atoms with Gasteiger partial charge in [0.2, 0.25) is 0 Å². The topological polar surface area (TPSA) is 131 Å². The van der Waals surface area contributed by atoms with E-state index in [2.05, 4.69) is 5.43 Å². The molecule has 0 saturated carbocycles. The third-order valence-electron chi connectivity index (χ3n) is 4.08. The first-order valence-electron chi connectivity index (χ1n) is 7.48. The Labute approximate surface area is 147 Å². The lowest BCUT2D eigenvalue weighted by Gasteiger charge is -2.25. The lowest BCUT2D eigenvalue weighted by molar-refractivity contribution is 0.687. The molecule has 0 saturated heterocycles. The lowest BCUT2D eigenvalue weighted by atomic mass is 10.0. The maximum absolute atomic E-state index is 12.6. The number of nitriles is 2. The molecule has 1 aromatic carbocycles. The first-order chi connectivity index (χ1) is 12.4. The standard InChI is InChI=1S/C17H13N7O2/c1-22-15-13(16(25)23(2)17(22)26)11(8-18)12(9-19)14(20)24(21-15)10-6-4-3-5-7-10/h3-7,20-21H,1-2H3. The van der Waals surface area contributed by atoms with E-state index < -0.39 is 11.2 Å². The average Bonchev–Trinajstić information content (AvgIpc) is 2.79. The van der Waals surface area contributed by atoms with Crippen LogP contribution in [0.1, 0.15) is 5.56 Å². The van der Waals surface area contributed by atoms with E-state index in [4.69, 9.17) is 5.41 Å². The second-order valence-electron chi connectivity index (χ2n) is 5.53. The summed E-state index contributed by atoms with van der Waals surface area (Å²) in [5.41, 5.74) is 1.38. The zero-order valence-corrected chi connectivity index (χ0v) is 13.9. The molecule has 1 aromatic heterocycles. The van der Waals surface area contributed by atoms with Crippen LogP contribution in [0, 0.1) is 28.1 Å². The third-order valence-corrected chi connectivity index (χ3v) is 4.08. The van der Waals surface area contributed by atoms with Crippen molar-refractivity contribution in [3.05, 3.63) is 62.3 Å². The van der Waals surface area contributed by atoms with Crippen LogP contribution in [0.25, 0.3) is 5.57 Å². The number of hydrogen-bond acceptors (Lipinski definition) is 6. The zero-order chi connectivity index (χ0) is 19.0. The van der Waals surface area contributed by atoms with Crippen LogP contribution < -0.4 is 21.7 Å². The van der Waals surface area contributed by atoms with Gasteiger partial charge >= 0.3 is 5.69 Å². The van der Waals surface area contributed by atoms with E-state index in [9.17, 15) is 20.1 Å². The summed E-state index contributed by atoms with van der Waals surface area (Å²) in [5, 5.41) is 28.7. The van der Waals surface area contributed by atoms with Crippen LogP contribution in [-0.2, 0) is 14.1 Å². The first-order valence-corrected chi connectivity index (χ1v) is 7.48. The maximum atomic E-state index is 12.6. The minimum atomic E-state index is -0.720. The van der Waals surface area contributed by atoms with Crippen molar-refractivity contribution >= 4 is 22.9 Å². The number of benzene rings is 1. The monoisotopic (exact) mass is 347 g/mol. The molecular formula is C17H13N7O2. The fraction of sp³-hybridized carbons (Fsp3) is 0.118. The molecule has 0 amide bonds. The number of fused-ring (bicyclic) bond motifs is 1. The van der Waals surface area contributed by atoms with Crippen molar-refractivity contribution in [2.45, 2.75) is 0 Å². The molecule has 9 heteroatoms. The molecule has 0 aliphatic carbocycles.